The van der Waals surface area contributed by atoms with Crippen molar-refractivity contribution in [2.45, 2.75) is 31.3 Å². The van der Waals surface area contributed by atoms with E-state index in [1.54, 1.807) is 42.5 Å². The number of rotatable bonds is 8. The molecule has 1 unspecified atom stereocenters. The molecule has 2 heterocycles. The van der Waals surface area contributed by atoms with Crippen LogP contribution in [0.3, 0.4) is 0 Å². The van der Waals surface area contributed by atoms with Crippen LogP contribution < -0.4 is 10.6 Å². The Morgan fingerprint density at radius 3 is 2.42 bits per heavy atom. The highest BCUT2D eigenvalue weighted by atomic mass is 19.1. The molecule has 7 nitrogen and oxygen atoms in total. The highest BCUT2D eigenvalue weighted by Crippen LogP contribution is 2.31. The lowest BCUT2D eigenvalue weighted by Crippen LogP contribution is -2.47. The van der Waals surface area contributed by atoms with Gasteiger partial charge in [0.15, 0.2) is 0 Å². The van der Waals surface area contributed by atoms with E-state index in [9.17, 15) is 27.6 Å². The van der Waals surface area contributed by atoms with E-state index in [-0.39, 0.29) is 23.5 Å². The van der Waals surface area contributed by atoms with Crippen LogP contribution in [0.15, 0.2) is 85.1 Å². The van der Waals surface area contributed by atoms with Crippen molar-refractivity contribution in [2.24, 2.45) is 0 Å². The number of nitrogens with one attached hydrogen (secondary N) is 2. The van der Waals surface area contributed by atoms with Crippen LogP contribution in [0.4, 0.5) is 13.2 Å². The third-order valence-electron chi connectivity index (χ3n) is 7.43. The Balaban J connectivity index is 1.52. The van der Waals surface area contributed by atoms with Gasteiger partial charge in [0.2, 0.25) is 5.91 Å². The first kappa shape index (κ1) is 29.5. The Labute approximate surface area is 246 Å². The molecule has 0 aliphatic carbocycles. The average Bonchev–Trinajstić information content (AvgIpc) is 3.50. The molecule has 220 valence electrons. The number of amides is 3. The van der Waals surface area contributed by atoms with Crippen LogP contribution >= 0.6 is 0 Å². The molecule has 1 aromatic heterocycles. The number of nitrogens with zero attached hydrogens (tertiary/aromatic N) is 2. The van der Waals surface area contributed by atoms with Crippen molar-refractivity contribution >= 4 is 17.7 Å². The minimum Gasteiger partial charge on any atom is -0.355 e. The maximum Gasteiger partial charge on any atom is 0.254 e. The number of pyridine rings is 1. The van der Waals surface area contributed by atoms with Gasteiger partial charge in [-0.15, -0.1) is 0 Å². The van der Waals surface area contributed by atoms with E-state index >= 15 is 0 Å². The zero-order valence-electron chi connectivity index (χ0n) is 23.3. The summed E-state index contributed by atoms with van der Waals surface area (Å²) < 4.78 is 42.8. The molecule has 0 bridgehead atoms. The lowest BCUT2D eigenvalue weighted by atomic mass is 9.94. The molecule has 0 spiro atoms. The second-order valence-corrected chi connectivity index (χ2v) is 10.3. The molecule has 5 rings (SSSR count). The molecule has 1 aliphatic rings. The van der Waals surface area contributed by atoms with Gasteiger partial charge in [-0.2, -0.15) is 0 Å². The quantitative estimate of drug-likeness (QED) is 0.296. The van der Waals surface area contributed by atoms with E-state index in [4.69, 9.17) is 0 Å². The Kier molecular flexibility index (Phi) is 8.85. The van der Waals surface area contributed by atoms with Crippen LogP contribution in [0, 0.1) is 17.5 Å². The van der Waals surface area contributed by atoms with Crippen molar-refractivity contribution in [1.29, 1.82) is 0 Å². The van der Waals surface area contributed by atoms with Crippen molar-refractivity contribution in [1.82, 2.24) is 20.5 Å². The summed E-state index contributed by atoms with van der Waals surface area (Å²) in [5, 5.41) is 5.38. The molecule has 1 aliphatic heterocycles. The number of hydrogen-bond acceptors (Lipinski definition) is 4. The predicted molar refractivity (Wildman–Crippen MR) is 154 cm³/mol. The Morgan fingerprint density at radius 1 is 0.953 bits per heavy atom. The minimum absolute atomic E-state index is 0.0344. The maximum atomic E-state index is 14.5. The topological polar surface area (TPSA) is 91.4 Å². The first-order valence-corrected chi connectivity index (χ1v) is 13.8. The highest BCUT2D eigenvalue weighted by molar-refractivity contribution is 5.98. The lowest BCUT2D eigenvalue weighted by Gasteiger charge is -2.27. The number of halogens is 3. The SMILES string of the molecule is CNC(=O)c1cc(-c2cccnc2[C@H](Cc2cc(F)cc(F)c2)NC(=O)C2CCCN2C(=O)c2ccccc2)ccc1F. The van der Waals surface area contributed by atoms with Crippen LogP contribution in [-0.4, -0.2) is 47.2 Å². The number of carbonyl (C=O) groups excluding carboxylic acids is 3. The molecular weight excluding hydrogens is 557 g/mol. The normalized spacial score (nSPS) is 15.2. The summed E-state index contributed by atoms with van der Waals surface area (Å²) in [5.74, 6) is -3.58. The number of aromatic nitrogens is 1. The Hall–Kier alpha value is -4.99. The van der Waals surface area contributed by atoms with Gasteiger partial charge in [0.1, 0.15) is 23.5 Å². The Morgan fingerprint density at radius 2 is 1.70 bits per heavy atom. The van der Waals surface area contributed by atoms with E-state index in [2.05, 4.69) is 15.6 Å². The molecule has 2 atom stereocenters. The average molecular weight is 587 g/mol. The van der Waals surface area contributed by atoms with Gasteiger partial charge in [-0.1, -0.05) is 30.3 Å². The van der Waals surface area contributed by atoms with Gasteiger partial charge < -0.3 is 15.5 Å². The van der Waals surface area contributed by atoms with Crippen molar-refractivity contribution in [3.8, 4) is 11.1 Å². The van der Waals surface area contributed by atoms with Crippen molar-refractivity contribution in [3.63, 3.8) is 0 Å². The molecule has 0 radical (unpaired) electrons. The number of hydrogen-bond donors (Lipinski definition) is 2. The zero-order chi connectivity index (χ0) is 30.5. The summed E-state index contributed by atoms with van der Waals surface area (Å²) in [6.45, 7) is 0.401. The number of likely N-dealkylation sites (tertiary alicyclic amines) is 1. The van der Waals surface area contributed by atoms with Gasteiger partial charge in [-0.05, 0) is 72.9 Å². The first-order valence-electron chi connectivity index (χ1n) is 13.8. The molecular formula is C33H29F3N4O3. The molecule has 0 saturated carbocycles. The van der Waals surface area contributed by atoms with Crippen LogP contribution in [0.1, 0.15) is 50.9 Å². The van der Waals surface area contributed by atoms with Gasteiger partial charge in [0.25, 0.3) is 11.8 Å². The monoisotopic (exact) mass is 586 g/mol. The molecule has 3 aromatic carbocycles. The largest absolute Gasteiger partial charge is 0.355 e. The van der Waals surface area contributed by atoms with Crippen LogP contribution in [-0.2, 0) is 11.2 Å². The summed E-state index contributed by atoms with van der Waals surface area (Å²) in [7, 11) is 1.39. The maximum absolute atomic E-state index is 14.5. The van der Waals surface area contributed by atoms with Crippen molar-refractivity contribution < 1.29 is 27.6 Å². The second-order valence-electron chi connectivity index (χ2n) is 10.3. The fourth-order valence-electron chi connectivity index (χ4n) is 5.42. The smallest absolute Gasteiger partial charge is 0.254 e. The van der Waals surface area contributed by atoms with Crippen LogP contribution in [0.25, 0.3) is 11.1 Å². The molecule has 3 amide bonds. The van der Waals surface area contributed by atoms with E-state index in [1.165, 1.54) is 42.4 Å². The zero-order valence-corrected chi connectivity index (χ0v) is 23.3. The van der Waals surface area contributed by atoms with E-state index in [0.717, 1.165) is 12.1 Å². The van der Waals surface area contributed by atoms with Crippen LogP contribution in [0.5, 0.6) is 0 Å². The highest BCUT2D eigenvalue weighted by Gasteiger charge is 2.36. The summed E-state index contributed by atoms with van der Waals surface area (Å²) in [5.41, 5.74) is 1.84. The summed E-state index contributed by atoms with van der Waals surface area (Å²) in [6, 6.07) is 17.5. The van der Waals surface area contributed by atoms with Crippen molar-refractivity contribution in [3.05, 3.63) is 125 Å². The first-order chi connectivity index (χ1) is 20.7. The number of benzene rings is 3. The van der Waals surface area contributed by atoms with Crippen molar-refractivity contribution in [2.75, 3.05) is 13.6 Å². The molecule has 1 saturated heterocycles. The second kappa shape index (κ2) is 12.9. The van der Waals surface area contributed by atoms with Crippen LogP contribution in [0.2, 0.25) is 0 Å². The predicted octanol–water partition coefficient (Wildman–Crippen LogP) is 5.23. The lowest BCUT2D eigenvalue weighted by molar-refractivity contribution is -0.125. The van der Waals surface area contributed by atoms with Gasteiger partial charge in [0, 0.05) is 37.0 Å². The standard InChI is InChI=1S/C33H29F3N4O3/c1-37-31(41)26-18-22(11-12-27(26)36)25-9-5-13-38-30(25)28(17-20-15-23(34)19-24(35)16-20)39-32(42)29-10-6-14-40(29)33(43)21-7-3-2-4-8-21/h2-5,7-9,11-13,15-16,18-19,28-29H,6,10,14,17H2,1H3,(H,37,41)(H,39,42)/t28-,29?/m0/s1. The van der Waals surface area contributed by atoms with E-state index in [0.29, 0.717) is 41.8 Å². The molecule has 2 N–H and O–H groups in total. The summed E-state index contributed by atoms with van der Waals surface area (Å²) in [4.78, 5) is 45.4. The van der Waals surface area contributed by atoms with E-state index < -0.39 is 41.3 Å². The fourth-order valence-corrected chi connectivity index (χ4v) is 5.42. The van der Waals surface area contributed by atoms with Gasteiger partial charge in [-0.25, -0.2) is 13.2 Å². The third kappa shape index (κ3) is 6.58. The van der Waals surface area contributed by atoms with Gasteiger partial charge >= 0.3 is 0 Å². The fraction of sp³-hybridized carbons (Fsp3) is 0.212. The minimum atomic E-state index is -0.896. The van der Waals surface area contributed by atoms with Gasteiger partial charge in [0.05, 0.1) is 17.3 Å². The van der Waals surface area contributed by atoms with E-state index in [1.807, 2.05) is 0 Å². The molecule has 4 aromatic rings. The van der Waals surface area contributed by atoms with Gasteiger partial charge in [-0.3, -0.25) is 19.4 Å². The Bertz CT molecular complexity index is 1640. The molecule has 43 heavy (non-hydrogen) atoms. The third-order valence-corrected chi connectivity index (χ3v) is 7.43. The molecule has 10 heteroatoms. The molecule has 1 fully saturated rings. The summed E-state index contributed by atoms with van der Waals surface area (Å²) >= 11 is 0. The number of carbonyl (C=O) groups is 3. The summed E-state index contributed by atoms with van der Waals surface area (Å²) in [6.07, 6.45) is 2.54.